The normalized spacial score (nSPS) is 26.9. The van der Waals surface area contributed by atoms with E-state index in [1.807, 2.05) is 0 Å². The number of hydrogen-bond donors (Lipinski definition) is 2. The number of carbonyl (C=O) groups is 4. The number of thioether (sulfide) groups is 1. The van der Waals surface area contributed by atoms with Gasteiger partial charge in [-0.3, -0.25) is 14.4 Å². The van der Waals surface area contributed by atoms with E-state index in [4.69, 9.17) is 0 Å². The van der Waals surface area contributed by atoms with Crippen molar-refractivity contribution in [3.8, 4) is 0 Å². The number of amides is 2. The largest absolute Gasteiger partial charge is 1.00 e. The molecular weight excluding hydrogens is 391 g/mol. The van der Waals surface area contributed by atoms with Crippen molar-refractivity contribution < 1.29 is 58.9 Å². The first kappa shape index (κ1) is 21.2. The first-order valence-electron chi connectivity index (χ1n) is 7.39. The van der Waals surface area contributed by atoms with Gasteiger partial charge in [-0.05, 0) is 36.2 Å². The van der Waals surface area contributed by atoms with Gasteiger partial charge in [-0.25, -0.2) is 0 Å². The minimum Gasteiger partial charge on any atom is -0.548 e. The maximum atomic E-state index is 12.6. The van der Waals surface area contributed by atoms with E-state index in [2.05, 4.69) is 5.32 Å². The van der Waals surface area contributed by atoms with Crippen LogP contribution in [0.15, 0.2) is 16.8 Å². The number of nitrogens with one attached hydrogen (secondary N) is 1. The predicted octanol–water partition coefficient (Wildman–Crippen LogP) is -3.43. The minimum absolute atomic E-state index is 0. The number of β-lactam (4-membered cyclic amide) rings is 1. The fourth-order valence-corrected chi connectivity index (χ4v) is 5.88. The fraction of sp³-hybridized carbons (Fsp3) is 0.467. The second kappa shape index (κ2) is 7.16. The van der Waals surface area contributed by atoms with Crippen LogP contribution in [0.2, 0.25) is 0 Å². The van der Waals surface area contributed by atoms with Crippen molar-refractivity contribution in [3.05, 3.63) is 22.4 Å². The molecule has 2 unspecified atom stereocenters. The third kappa shape index (κ3) is 3.29. The molecule has 2 fully saturated rings. The summed E-state index contributed by atoms with van der Waals surface area (Å²) >= 11 is 2.39. The molecule has 8 nitrogen and oxygen atoms in total. The fourth-order valence-electron chi connectivity index (χ4n) is 3.35. The molecule has 2 aliphatic rings. The topological polar surface area (TPSA) is 127 Å². The number of rotatable bonds is 5. The summed E-state index contributed by atoms with van der Waals surface area (Å²) in [5, 5.41) is 26.7. The Bertz CT molecular complexity index is 768. The Balaban J connectivity index is 0.00000243. The van der Waals surface area contributed by atoms with E-state index >= 15 is 0 Å². The Hall–Kier alpha value is -1.07. The van der Waals surface area contributed by atoms with E-state index in [1.54, 1.807) is 30.7 Å². The summed E-state index contributed by atoms with van der Waals surface area (Å²) in [5.74, 6) is -5.36. The van der Waals surface area contributed by atoms with Crippen molar-refractivity contribution in [1.29, 1.82) is 0 Å². The van der Waals surface area contributed by atoms with Gasteiger partial charge in [-0.15, -0.1) is 11.8 Å². The molecule has 2 aliphatic heterocycles. The Kier molecular flexibility index (Phi) is 5.84. The van der Waals surface area contributed by atoms with Crippen LogP contribution in [0.1, 0.15) is 31.7 Å². The van der Waals surface area contributed by atoms with Crippen molar-refractivity contribution in [2.75, 3.05) is 0 Å². The number of carboxylic acids is 2. The third-order valence-electron chi connectivity index (χ3n) is 4.32. The SMILES string of the molecule is CC1(C)SC2(NC(=O)C(C(=O)O)c3ccsc3)CC(=O)N2[C@H]1C(=O)[O-].[Na+]. The van der Waals surface area contributed by atoms with Crippen molar-refractivity contribution in [2.45, 2.75) is 42.0 Å². The van der Waals surface area contributed by atoms with Gasteiger partial charge in [0.25, 0.3) is 0 Å². The van der Waals surface area contributed by atoms with Crippen LogP contribution in [-0.4, -0.2) is 49.5 Å². The molecule has 1 aromatic heterocycles. The quantitative estimate of drug-likeness (QED) is 0.296. The summed E-state index contributed by atoms with van der Waals surface area (Å²) < 4.78 is -0.890. The maximum absolute atomic E-state index is 12.6. The monoisotopic (exact) mass is 406 g/mol. The number of hydrogen-bond acceptors (Lipinski definition) is 7. The zero-order valence-corrected chi connectivity index (χ0v) is 18.0. The molecule has 2 N–H and O–H groups in total. The molecular formula is C15H15N2NaO6S2. The molecule has 2 saturated heterocycles. The molecule has 0 aliphatic carbocycles. The van der Waals surface area contributed by atoms with Gasteiger partial charge in [0.1, 0.15) is 0 Å². The molecule has 1 aromatic rings. The molecule has 0 radical (unpaired) electrons. The number of aliphatic carboxylic acids is 2. The maximum Gasteiger partial charge on any atom is 1.00 e. The van der Waals surface area contributed by atoms with Crippen LogP contribution in [0, 0.1) is 0 Å². The summed E-state index contributed by atoms with van der Waals surface area (Å²) in [7, 11) is 0. The van der Waals surface area contributed by atoms with Crippen molar-refractivity contribution in [3.63, 3.8) is 0 Å². The van der Waals surface area contributed by atoms with Gasteiger partial charge in [0.15, 0.2) is 10.9 Å². The number of carboxylic acid groups (broad SMARTS) is 2. The Morgan fingerprint density at radius 3 is 2.54 bits per heavy atom. The van der Waals surface area contributed by atoms with Gasteiger partial charge in [0.05, 0.1) is 18.4 Å². The molecule has 0 aromatic carbocycles. The van der Waals surface area contributed by atoms with Gasteiger partial charge >= 0.3 is 35.5 Å². The molecule has 0 saturated carbocycles. The van der Waals surface area contributed by atoms with E-state index in [0.29, 0.717) is 5.56 Å². The van der Waals surface area contributed by atoms with Crippen molar-refractivity contribution in [2.24, 2.45) is 0 Å². The first-order chi connectivity index (χ1) is 11.6. The molecule has 3 atom stereocenters. The number of carbonyl (C=O) groups excluding carboxylic acids is 3. The van der Waals surface area contributed by atoms with Crippen LogP contribution in [0.25, 0.3) is 0 Å². The molecule has 0 bridgehead atoms. The number of thiophene rings is 1. The molecule has 134 valence electrons. The zero-order valence-electron chi connectivity index (χ0n) is 14.3. The van der Waals surface area contributed by atoms with Crippen molar-refractivity contribution >= 4 is 46.9 Å². The second-order valence-corrected chi connectivity index (χ2v) is 9.18. The van der Waals surface area contributed by atoms with E-state index in [0.717, 1.165) is 16.7 Å². The predicted molar refractivity (Wildman–Crippen MR) is 87.5 cm³/mol. The van der Waals surface area contributed by atoms with E-state index in [9.17, 15) is 29.4 Å². The van der Waals surface area contributed by atoms with E-state index in [-0.39, 0.29) is 36.0 Å². The van der Waals surface area contributed by atoms with Crippen LogP contribution in [-0.2, 0) is 19.2 Å². The smallest absolute Gasteiger partial charge is 0.548 e. The molecule has 26 heavy (non-hydrogen) atoms. The van der Waals surface area contributed by atoms with Crippen LogP contribution in [0.4, 0.5) is 0 Å². The van der Waals surface area contributed by atoms with Gasteiger partial charge < -0.3 is 25.2 Å². The van der Waals surface area contributed by atoms with Crippen LogP contribution < -0.4 is 40.0 Å². The molecule has 2 amide bonds. The average Bonchev–Trinajstić information content (AvgIpc) is 3.01. The third-order valence-corrected chi connectivity index (χ3v) is 6.56. The van der Waals surface area contributed by atoms with Gasteiger partial charge in [-0.2, -0.15) is 11.3 Å². The van der Waals surface area contributed by atoms with E-state index < -0.39 is 45.5 Å². The Labute approximate surface area is 179 Å². The minimum atomic E-state index is -1.43. The van der Waals surface area contributed by atoms with E-state index in [1.165, 1.54) is 11.3 Å². The number of nitrogens with zero attached hydrogens (tertiary/aromatic N) is 1. The summed E-state index contributed by atoms with van der Waals surface area (Å²) in [6.07, 6.45) is -0.0907. The summed E-state index contributed by atoms with van der Waals surface area (Å²) in [5.41, 5.74) is 0.335. The van der Waals surface area contributed by atoms with Gasteiger partial charge in [0.2, 0.25) is 11.8 Å². The molecule has 11 heteroatoms. The summed E-state index contributed by atoms with van der Waals surface area (Å²) in [6, 6.07) is 0.337. The molecule has 3 rings (SSSR count). The summed E-state index contributed by atoms with van der Waals surface area (Å²) in [4.78, 5) is 47.4. The molecule has 3 heterocycles. The molecule has 0 spiro atoms. The van der Waals surface area contributed by atoms with Crippen LogP contribution >= 0.6 is 23.1 Å². The van der Waals surface area contributed by atoms with Crippen LogP contribution in [0.3, 0.4) is 0 Å². The van der Waals surface area contributed by atoms with Gasteiger partial charge in [-0.1, -0.05) is 0 Å². The average molecular weight is 406 g/mol. The first-order valence-corrected chi connectivity index (χ1v) is 9.15. The standard InChI is InChI=1S/C15H16N2O6S2.Na/c1-14(2)10(13(22)23)17-8(18)5-15(17,25-14)16-11(19)9(12(20)21)7-3-4-24-6-7;/h3-4,6,9-10H,5H2,1-2H3,(H,16,19)(H,20,21)(H,22,23);/q;+1/p-1/t9?,10-,15?;/m0./s1. The Morgan fingerprint density at radius 1 is 1.42 bits per heavy atom. The summed E-state index contributed by atoms with van der Waals surface area (Å²) in [6.45, 7) is 3.29. The van der Waals surface area contributed by atoms with Gasteiger partial charge in [0, 0.05) is 4.75 Å². The zero-order chi connectivity index (χ0) is 18.6. The van der Waals surface area contributed by atoms with Crippen LogP contribution in [0.5, 0.6) is 0 Å². The number of fused-ring (bicyclic) bond motifs is 1. The Morgan fingerprint density at radius 2 is 2.08 bits per heavy atom. The second-order valence-electron chi connectivity index (χ2n) is 6.47. The van der Waals surface area contributed by atoms with Crippen molar-refractivity contribution in [1.82, 2.24) is 10.2 Å².